The fourth-order valence-electron chi connectivity index (χ4n) is 2.73. The topological polar surface area (TPSA) is 57.7 Å². The number of carbonyl (C=O) groups is 1. The van der Waals surface area contributed by atoms with Crippen molar-refractivity contribution < 1.29 is 9.53 Å². The molecular weight excluding hydrogens is 316 g/mol. The largest absolute Gasteiger partial charge is 0.368 e. The highest BCUT2D eigenvalue weighted by Crippen LogP contribution is 2.16. The Hall–Kier alpha value is -2.44. The van der Waals surface area contributed by atoms with Gasteiger partial charge in [0.2, 0.25) is 0 Å². The normalized spacial score (nSPS) is 15.2. The van der Waals surface area contributed by atoms with Gasteiger partial charge in [-0.1, -0.05) is 30.3 Å². The van der Waals surface area contributed by atoms with Crippen LogP contribution in [-0.2, 0) is 16.1 Å². The van der Waals surface area contributed by atoms with Crippen LogP contribution in [0.25, 0.3) is 0 Å². The maximum atomic E-state index is 11.9. The van der Waals surface area contributed by atoms with Gasteiger partial charge in [-0.3, -0.25) is 4.79 Å². The van der Waals surface area contributed by atoms with E-state index in [2.05, 4.69) is 27.1 Å². The molecule has 132 valence electrons. The first kappa shape index (κ1) is 17.4. The molecule has 1 aromatic carbocycles. The number of hydrogen-bond acceptors (Lipinski definition) is 5. The summed E-state index contributed by atoms with van der Waals surface area (Å²) in [5.41, 5.74) is 2.14. The Morgan fingerprint density at radius 3 is 2.56 bits per heavy atom. The zero-order chi connectivity index (χ0) is 17.5. The average molecular weight is 340 g/mol. The van der Waals surface area contributed by atoms with Crippen LogP contribution in [0.4, 0.5) is 11.5 Å². The highest BCUT2D eigenvalue weighted by molar-refractivity contribution is 5.90. The van der Waals surface area contributed by atoms with Gasteiger partial charge in [-0.05, 0) is 24.7 Å². The second-order valence-electron chi connectivity index (χ2n) is 6.22. The molecule has 1 aromatic heterocycles. The molecule has 1 aliphatic heterocycles. The lowest BCUT2D eigenvalue weighted by Gasteiger charge is -2.33. The van der Waals surface area contributed by atoms with E-state index in [-0.39, 0.29) is 12.5 Å². The molecule has 0 aliphatic carbocycles. The highest BCUT2D eigenvalue weighted by Gasteiger charge is 2.14. The number of anilines is 2. The number of rotatable bonds is 6. The second kappa shape index (κ2) is 8.60. The summed E-state index contributed by atoms with van der Waals surface area (Å²) in [6, 6.07) is 13.6. The van der Waals surface area contributed by atoms with Gasteiger partial charge in [0.25, 0.3) is 5.91 Å². The molecule has 25 heavy (non-hydrogen) atoms. The van der Waals surface area contributed by atoms with Crippen molar-refractivity contribution in [3.05, 3.63) is 54.2 Å². The van der Waals surface area contributed by atoms with Gasteiger partial charge in [-0.2, -0.15) is 0 Å². The van der Waals surface area contributed by atoms with Crippen molar-refractivity contribution in [3.8, 4) is 0 Å². The number of ether oxygens (including phenoxy) is 1. The van der Waals surface area contributed by atoms with Crippen LogP contribution in [-0.4, -0.2) is 55.6 Å². The van der Waals surface area contributed by atoms with Crippen LogP contribution in [0.2, 0.25) is 0 Å². The van der Waals surface area contributed by atoms with Crippen LogP contribution < -0.4 is 10.2 Å². The summed E-state index contributed by atoms with van der Waals surface area (Å²) < 4.78 is 5.43. The van der Waals surface area contributed by atoms with E-state index in [0.717, 1.165) is 37.4 Å². The summed E-state index contributed by atoms with van der Waals surface area (Å²) in [6.07, 6.45) is 1.81. The summed E-state index contributed by atoms with van der Waals surface area (Å²) in [7, 11) is 2.13. The molecular formula is C19H24N4O2. The van der Waals surface area contributed by atoms with Crippen molar-refractivity contribution in [2.24, 2.45) is 0 Å². The first-order chi connectivity index (χ1) is 12.2. The molecule has 2 heterocycles. The lowest BCUT2D eigenvalue weighted by molar-refractivity contribution is -0.121. The summed E-state index contributed by atoms with van der Waals surface area (Å²) in [4.78, 5) is 20.9. The Morgan fingerprint density at radius 2 is 1.88 bits per heavy atom. The van der Waals surface area contributed by atoms with E-state index in [1.165, 1.54) is 0 Å². The molecule has 1 saturated heterocycles. The number of nitrogens with one attached hydrogen (secondary N) is 1. The van der Waals surface area contributed by atoms with Crippen molar-refractivity contribution in [1.29, 1.82) is 0 Å². The van der Waals surface area contributed by atoms with Gasteiger partial charge in [0, 0.05) is 26.2 Å². The molecule has 0 bridgehead atoms. The van der Waals surface area contributed by atoms with Gasteiger partial charge in [-0.25, -0.2) is 4.98 Å². The summed E-state index contributed by atoms with van der Waals surface area (Å²) in [5.74, 6) is 0.349. The van der Waals surface area contributed by atoms with Gasteiger partial charge >= 0.3 is 0 Å². The fraction of sp³-hybridized carbons (Fsp3) is 0.368. The number of carbonyl (C=O) groups excluding carboxylic acids is 1. The van der Waals surface area contributed by atoms with Crippen molar-refractivity contribution in [2.75, 3.05) is 50.1 Å². The van der Waals surface area contributed by atoms with Gasteiger partial charge in [-0.15, -0.1) is 0 Å². The third-order valence-electron chi connectivity index (χ3n) is 4.23. The maximum absolute atomic E-state index is 11.9. The van der Waals surface area contributed by atoms with E-state index >= 15 is 0 Å². The first-order valence-corrected chi connectivity index (χ1v) is 8.52. The van der Waals surface area contributed by atoms with E-state index in [9.17, 15) is 4.79 Å². The minimum absolute atomic E-state index is 0.0107. The molecule has 1 N–H and O–H groups in total. The molecule has 6 nitrogen and oxygen atoms in total. The molecule has 0 spiro atoms. The van der Waals surface area contributed by atoms with Crippen LogP contribution >= 0.6 is 0 Å². The van der Waals surface area contributed by atoms with Crippen LogP contribution in [0.15, 0.2) is 48.7 Å². The van der Waals surface area contributed by atoms with Crippen molar-refractivity contribution in [2.45, 2.75) is 6.61 Å². The molecule has 1 amide bonds. The highest BCUT2D eigenvalue weighted by atomic mass is 16.5. The Kier molecular flexibility index (Phi) is 5.98. The molecule has 1 fully saturated rings. The van der Waals surface area contributed by atoms with E-state index in [0.29, 0.717) is 12.4 Å². The number of amides is 1. The van der Waals surface area contributed by atoms with E-state index in [4.69, 9.17) is 4.74 Å². The molecule has 0 unspecified atom stereocenters. The van der Waals surface area contributed by atoms with Crippen LogP contribution in [0.5, 0.6) is 0 Å². The lowest BCUT2D eigenvalue weighted by atomic mass is 10.2. The molecule has 1 aliphatic rings. The minimum Gasteiger partial charge on any atom is -0.368 e. The number of likely N-dealkylation sites (N-methyl/N-ethyl adjacent to an activating group) is 1. The molecule has 0 radical (unpaired) electrons. The third kappa shape index (κ3) is 5.27. The molecule has 0 atom stereocenters. The zero-order valence-electron chi connectivity index (χ0n) is 14.5. The number of pyridine rings is 1. The maximum Gasteiger partial charge on any atom is 0.251 e. The monoisotopic (exact) mass is 340 g/mol. The first-order valence-electron chi connectivity index (χ1n) is 8.52. The van der Waals surface area contributed by atoms with Gasteiger partial charge < -0.3 is 19.9 Å². The minimum atomic E-state index is -0.198. The number of hydrogen-bond donors (Lipinski definition) is 1. The van der Waals surface area contributed by atoms with E-state index in [1.54, 1.807) is 0 Å². The standard InChI is InChI=1S/C19H24N4O2/c1-22-9-11-23(12-10-22)17-7-8-18(20-13-17)21-19(24)15-25-14-16-5-3-2-4-6-16/h2-8,13H,9-12,14-15H2,1H3,(H,20,21,24). The zero-order valence-corrected chi connectivity index (χ0v) is 14.5. The van der Waals surface area contributed by atoms with Gasteiger partial charge in [0.15, 0.2) is 0 Å². The molecule has 3 rings (SSSR count). The molecule has 0 saturated carbocycles. The Morgan fingerprint density at radius 1 is 1.12 bits per heavy atom. The number of aromatic nitrogens is 1. The number of benzene rings is 1. The Bertz CT molecular complexity index is 668. The van der Waals surface area contributed by atoms with Crippen molar-refractivity contribution >= 4 is 17.4 Å². The van der Waals surface area contributed by atoms with Crippen LogP contribution in [0.1, 0.15) is 5.56 Å². The van der Waals surface area contributed by atoms with Crippen LogP contribution in [0.3, 0.4) is 0 Å². The van der Waals surface area contributed by atoms with Crippen molar-refractivity contribution in [1.82, 2.24) is 9.88 Å². The SMILES string of the molecule is CN1CCN(c2ccc(NC(=O)COCc3ccccc3)nc2)CC1. The molecule has 6 heteroatoms. The van der Waals surface area contributed by atoms with E-state index < -0.39 is 0 Å². The second-order valence-corrected chi connectivity index (χ2v) is 6.22. The average Bonchev–Trinajstić information content (AvgIpc) is 2.64. The summed E-state index contributed by atoms with van der Waals surface area (Å²) in [6.45, 7) is 4.53. The smallest absolute Gasteiger partial charge is 0.251 e. The summed E-state index contributed by atoms with van der Waals surface area (Å²) >= 11 is 0. The van der Waals surface area contributed by atoms with Crippen LogP contribution in [0, 0.1) is 0 Å². The number of nitrogens with zero attached hydrogens (tertiary/aromatic N) is 3. The van der Waals surface area contributed by atoms with Crippen molar-refractivity contribution in [3.63, 3.8) is 0 Å². The Balaban J connectivity index is 1.44. The summed E-state index contributed by atoms with van der Waals surface area (Å²) in [5, 5.41) is 2.76. The third-order valence-corrected chi connectivity index (χ3v) is 4.23. The van der Waals surface area contributed by atoms with Gasteiger partial charge in [0.05, 0.1) is 18.5 Å². The van der Waals surface area contributed by atoms with Gasteiger partial charge in [0.1, 0.15) is 12.4 Å². The molecule has 2 aromatic rings. The number of piperazine rings is 1. The Labute approximate surface area is 148 Å². The predicted octanol–water partition coefficient (Wildman–Crippen LogP) is 1.99. The predicted molar refractivity (Wildman–Crippen MR) is 98.7 cm³/mol. The van der Waals surface area contributed by atoms with E-state index in [1.807, 2.05) is 48.7 Å². The fourth-order valence-corrected chi connectivity index (χ4v) is 2.73. The lowest BCUT2D eigenvalue weighted by Crippen LogP contribution is -2.44. The quantitative estimate of drug-likeness (QED) is 0.871.